The first-order chi connectivity index (χ1) is 24.3. The van der Waals surface area contributed by atoms with Gasteiger partial charge >= 0.3 is 0 Å². The van der Waals surface area contributed by atoms with Gasteiger partial charge in [-0.05, 0) is 69.1 Å². The topological polar surface area (TPSA) is 26.3 Å². The SMILES string of the molecule is c1ccc(-c2cc3cc(-c4c5ccccc5c(-c5ccc6sc7ccccc7c6c5)c5ccccc45)c4oc5ccccc5c4c3o2)cc1. The van der Waals surface area contributed by atoms with E-state index in [1.165, 1.54) is 58.4 Å². The number of rotatable bonds is 3. The Labute approximate surface area is 285 Å². The van der Waals surface area contributed by atoms with Gasteiger partial charge in [-0.3, -0.25) is 0 Å². The average Bonchev–Trinajstić information content (AvgIpc) is 3.87. The summed E-state index contributed by atoms with van der Waals surface area (Å²) in [6, 6.07) is 56.5. The van der Waals surface area contributed by atoms with E-state index in [9.17, 15) is 0 Å². The van der Waals surface area contributed by atoms with Crippen molar-refractivity contribution in [3.05, 3.63) is 158 Å². The Morgan fingerprint density at radius 1 is 0.388 bits per heavy atom. The second kappa shape index (κ2) is 10.2. The van der Waals surface area contributed by atoms with Gasteiger partial charge in [0.05, 0.1) is 5.39 Å². The predicted molar refractivity (Wildman–Crippen MR) is 208 cm³/mol. The van der Waals surface area contributed by atoms with Crippen LogP contribution in [0.4, 0.5) is 0 Å². The van der Waals surface area contributed by atoms with Crippen LogP contribution in [0.3, 0.4) is 0 Å². The molecule has 0 saturated carbocycles. The lowest BCUT2D eigenvalue weighted by atomic mass is 9.85. The Balaban J connectivity index is 1.27. The monoisotopic (exact) mass is 642 g/mol. The largest absolute Gasteiger partial charge is 0.455 e. The molecule has 3 aromatic heterocycles. The summed E-state index contributed by atoms with van der Waals surface area (Å²) in [7, 11) is 0. The van der Waals surface area contributed by atoms with Crippen molar-refractivity contribution in [2.75, 3.05) is 0 Å². The van der Waals surface area contributed by atoms with Gasteiger partial charge < -0.3 is 8.83 Å². The van der Waals surface area contributed by atoms with Gasteiger partial charge in [-0.15, -0.1) is 11.3 Å². The number of thiophene rings is 1. The molecule has 49 heavy (non-hydrogen) atoms. The van der Waals surface area contributed by atoms with E-state index in [-0.39, 0.29) is 0 Å². The molecule has 0 aliphatic rings. The van der Waals surface area contributed by atoms with Crippen LogP contribution in [-0.4, -0.2) is 0 Å². The Hall–Kier alpha value is -6.16. The third-order valence-electron chi connectivity index (χ3n) is 10.1. The minimum absolute atomic E-state index is 0.844. The highest BCUT2D eigenvalue weighted by Gasteiger charge is 2.24. The fourth-order valence-electron chi connectivity index (χ4n) is 7.93. The summed E-state index contributed by atoms with van der Waals surface area (Å²) in [5.74, 6) is 0.848. The molecule has 0 spiro atoms. The molecular weight excluding hydrogens is 617 g/mol. The third-order valence-corrected chi connectivity index (χ3v) is 11.2. The molecule has 11 rings (SSSR count). The second-order valence-electron chi connectivity index (χ2n) is 12.8. The van der Waals surface area contributed by atoms with E-state index in [1.54, 1.807) is 0 Å². The Morgan fingerprint density at radius 3 is 1.76 bits per heavy atom. The fourth-order valence-corrected chi connectivity index (χ4v) is 9.02. The van der Waals surface area contributed by atoms with Crippen molar-refractivity contribution in [3.8, 4) is 33.6 Å². The molecule has 2 nitrogen and oxygen atoms in total. The highest BCUT2D eigenvalue weighted by Crippen LogP contribution is 2.49. The molecule has 3 heteroatoms. The lowest BCUT2D eigenvalue weighted by molar-refractivity contribution is 0.633. The minimum Gasteiger partial charge on any atom is -0.455 e. The highest BCUT2D eigenvalue weighted by atomic mass is 32.1. The summed E-state index contributed by atoms with van der Waals surface area (Å²) in [5, 5.41) is 10.6. The number of hydrogen-bond donors (Lipinski definition) is 0. The molecule has 0 aliphatic heterocycles. The normalized spacial score (nSPS) is 12.1. The zero-order chi connectivity index (χ0) is 32.1. The lowest BCUT2D eigenvalue weighted by Crippen LogP contribution is -1.91. The van der Waals surface area contributed by atoms with Gasteiger partial charge in [0, 0.05) is 47.6 Å². The Kier molecular flexibility index (Phi) is 5.57. The molecule has 8 aromatic carbocycles. The maximum atomic E-state index is 6.80. The summed E-state index contributed by atoms with van der Waals surface area (Å²) in [4.78, 5) is 0. The molecule has 11 aromatic rings. The van der Waals surface area contributed by atoms with E-state index in [1.807, 2.05) is 23.5 Å². The molecular formula is C46H26O2S. The van der Waals surface area contributed by atoms with Crippen molar-refractivity contribution >= 4 is 86.0 Å². The molecule has 0 unspecified atom stereocenters. The van der Waals surface area contributed by atoms with Gasteiger partial charge in [0.1, 0.15) is 22.5 Å². The summed E-state index contributed by atoms with van der Waals surface area (Å²) in [6.07, 6.45) is 0. The zero-order valence-corrected chi connectivity index (χ0v) is 27.1. The smallest absolute Gasteiger partial charge is 0.147 e. The lowest BCUT2D eigenvalue weighted by Gasteiger charge is -2.18. The van der Waals surface area contributed by atoms with Crippen LogP contribution in [0.15, 0.2) is 167 Å². The number of para-hydroxylation sites is 1. The molecule has 0 amide bonds. The zero-order valence-electron chi connectivity index (χ0n) is 26.2. The summed E-state index contributed by atoms with van der Waals surface area (Å²) in [5.41, 5.74) is 8.32. The van der Waals surface area contributed by atoms with Crippen LogP contribution in [0.1, 0.15) is 0 Å². The first kappa shape index (κ1) is 26.9. The molecule has 0 fully saturated rings. The van der Waals surface area contributed by atoms with Gasteiger partial charge in [-0.2, -0.15) is 0 Å². The molecule has 0 N–H and O–H groups in total. The molecule has 0 radical (unpaired) electrons. The molecule has 228 valence electrons. The quantitative estimate of drug-likeness (QED) is 0.179. The van der Waals surface area contributed by atoms with E-state index in [0.717, 1.165) is 49.8 Å². The van der Waals surface area contributed by atoms with Crippen molar-refractivity contribution in [1.82, 2.24) is 0 Å². The fraction of sp³-hybridized carbons (Fsp3) is 0. The van der Waals surface area contributed by atoms with Crippen LogP contribution in [-0.2, 0) is 0 Å². The Bertz CT molecular complexity index is 3050. The number of fused-ring (bicyclic) bond motifs is 10. The van der Waals surface area contributed by atoms with Crippen LogP contribution in [0.25, 0.3) is 108 Å². The van der Waals surface area contributed by atoms with Crippen molar-refractivity contribution in [2.45, 2.75) is 0 Å². The molecule has 0 atom stereocenters. The third kappa shape index (κ3) is 3.88. The maximum Gasteiger partial charge on any atom is 0.147 e. The van der Waals surface area contributed by atoms with Crippen molar-refractivity contribution < 1.29 is 8.83 Å². The molecule has 0 saturated heterocycles. The second-order valence-corrected chi connectivity index (χ2v) is 13.9. The summed E-state index contributed by atoms with van der Waals surface area (Å²) >= 11 is 1.86. The van der Waals surface area contributed by atoms with Crippen molar-refractivity contribution in [1.29, 1.82) is 0 Å². The van der Waals surface area contributed by atoms with Crippen molar-refractivity contribution in [2.24, 2.45) is 0 Å². The van der Waals surface area contributed by atoms with Crippen LogP contribution in [0, 0.1) is 0 Å². The number of benzene rings is 8. The first-order valence-electron chi connectivity index (χ1n) is 16.6. The van der Waals surface area contributed by atoms with E-state index in [0.29, 0.717) is 0 Å². The van der Waals surface area contributed by atoms with Gasteiger partial charge in [-0.1, -0.05) is 121 Å². The van der Waals surface area contributed by atoms with E-state index in [4.69, 9.17) is 8.83 Å². The van der Waals surface area contributed by atoms with Crippen LogP contribution in [0.5, 0.6) is 0 Å². The van der Waals surface area contributed by atoms with Gasteiger partial charge in [-0.25, -0.2) is 0 Å². The summed E-state index contributed by atoms with van der Waals surface area (Å²) < 4.78 is 16.1. The van der Waals surface area contributed by atoms with E-state index in [2.05, 4.69) is 146 Å². The molecule has 0 aliphatic carbocycles. The van der Waals surface area contributed by atoms with Crippen LogP contribution >= 0.6 is 11.3 Å². The predicted octanol–water partition coefficient (Wildman–Crippen LogP) is 14.0. The van der Waals surface area contributed by atoms with Gasteiger partial charge in [0.2, 0.25) is 0 Å². The Morgan fingerprint density at radius 2 is 1.00 bits per heavy atom. The van der Waals surface area contributed by atoms with E-state index >= 15 is 0 Å². The van der Waals surface area contributed by atoms with E-state index < -0.39 is 0 Å². The van der Waals surface area contributed by atoms with Gasteiger partial charge in [0.25, 0.3) is 0 Å². The minimum atomic E-state index is 0.844. The number of hydrogen-bond acceptors (Lipinski definition) is 3. The average molecular weight is 643 g/mol. The summed E-state index contributed by atoms with van der Waals surface area (Å²) in [6.45, 7) is 0. The number of furan rings is 2. The molecule has 3 heterocycles. The van der Waals surface area contributed by atoms with Gasteiger partial charge in [0.15, 0.2) is 0 Å². The van der Waals surface area contributed by atoms with Crippen LogP contribution < -0.4 is 0 Å². The maximum absolute atomic E-state index is 6.80. The molecule has 0 bridgehead atoms. The highest BCUT2D eigenvalue weighted by molar-refractivity contribution is 7.25. The van der Waals surface area contributed by atoms with Crippen LogP contribution in [0.2, 0.25) is 0 Å². The standard InChI is InChI=1S/C46H26O2S/c1-2-12-27(13-3-1)39-26-29-25-37(46-44(45(29)48-39)35-19-8-10-20-38(35)47-46)43-33-17-6-4-15-31(33)42(32-16-5-7-18-34(32)43)28-22-23-41-36(24-28)30-14-9-11-21-40(30)49-41/h1-26H. The first-order valence-corrected chi connectivity index (χ1v) is 17.4. The van der Waals surface area contributed by atoms with Crippen molar-refractivity contribution in [3.63, 3.8) is 0 Å².